The summed E-state index contributed by atoms with van der Waals surface area (Å²) in [6.45, 7) is 5.51. The van der Waals surface area contributed by atoms with Gasteiger partial charge in [0.15, 0.2) is 0 Å². The van der Waals surface area contributed by atoms with Crippen LogP contribution in [0, 0.1) is 0 Å². The second-order valence-corrected chi connectivity index (χ2v) is 6.18. The highest BCUT2D eigenvalue weighted by atomic mass is 35.5. The zero-order valence-corrected chi connectivity index (χ0v) is 13.0. The van der Waals surface area contributed by atoms with Crippen molar-refractivity contribution in [2.24, 2.45) is 0 Å². The van der Waals surface area contributed by atoms with Gasteiger partial charge in [-0.2, -0.15) is 11.8 Å². The summed E-state index contributed by atoms with van der Waals surface area (Å²) in [7, 11) is 0. The van der Waals surface area contributed by atoms with Gasteiger partial charge in [-0.1, -0.05) is 37.1 Å². The first-order valence-electron chi connectivity index (χ1n) is 6.78. The Morgan fingerprint density at radius 1 is 1.22 bits per heavy atom. The van der Waals surface area contributed by atoms with Crippen molar-refractivity contribution in [3.05, 3.63) is 34.9 Å². The van der Waals surface area contributed by atoms with E-state index in [2.05, 4.69) is 31.3 Å². The lowest BCUT2D eigenvalue weighted by atomic mass is 10.1. The van der Waals surface area contributed by atoms with Crippen LogP contribution < -0.4 is 5.32 Å². The van der Waals surface area contributed by atoms with E-state index in [1.165, 1.54) is 30.6 Å². The predicted octanol–water partition coefficient (Wildman–Crippen LogP) is 4.74. The Hall–Kier alpha value is -0.180. The molecule has 1 N–H and O–H groups in total. The number of hydrogen-bond donors (Lipinski definition) is 1. The summed E-state index contributed by atoms with van der Waals surface area (Å²) in [5.41, 5.74) is 1.37. The Bertz CT molecular complexity index is 313. The molecule has 0 fully saturated rings. The highest BCUT2D eigenvalue weighted by Crippen LogP contribution is 2.17. The van der Waals surface area contributed by atoms with E-state index >= 15 is 0 Å². The van der Waals surface area contributed by atoms with Crippen LogP contribution in [0.5, 0.6) is 0 Å². The zero-order valence-electron chi connectivity index (χ0n) is 11.4. The van der Waals surface area contributed by atoms with Gasteiger partial charge in [0, 0.05) is 16.8 Å². The number of nitrogens with one attached hydrogen (secondary N) is 1. The van der Waals surface area contributed by atoms with Crippen molar-refractivity contribution in [1.82, 2.24) is 5.32 Å². The summed E-state index contributed by atoms with van der Waals surface area (Å²) in [5, 5.41) is 4.27. The minimum atomic E-state index is 0.663. The van der Waals surface area contributed by atoms with Crippen LogP contribution in [-0.2, 0) is 5.75 Å². The first-order valence-corrected chi connectivity index (χ1v) is 8.31. The average molecular weight is 286 g/mol. The molecule has 0 aliphatic carbocycles. The molecule has 1 nitrogen and oxygen atoms in total. The second kappa shape index (κ2) is 9.71. The summed E-state index contributed by atoms with van der Waals surface area (Å²) in [6, 6.07) is 8.83. The fraction of sp³-hybridized carbons (Fsp3) is 0.600. The predicted molar refractivity (Wildman–Crippen MR) is 84.6 cm³/mol. The molecule has 18 heavy (non-hydrogen) atoms. The van der Waals surface area contributed by atoms with Crippen LogP contribution in [0.1, 0.15) is 38.7 Å². The maximum Gasteiger partial charge on any atom is 0.0406 e. The van der Waals surface area contributed by atoms with E-state index in [-0.39, 0.29) is 0 Å². The van der Waals surface area contributed by atoms with Gasteiger partial charge >= 0.3 is 0 Å². The molecule has 1 aromatic carbocycles. The minimum Gasteiger partial charge on any atom is -0.315 e. The lowest BCUT2D eigenvalue weighted by Gasteiger charge is -2.11. The topological polar surface area (TPSA) is 12.0 Å². The van der Waals surface area contributed by atoms with Gasteiger partial charge in [-0.25, -0.2) is 0 Å². The maximum atomic E-state index is 5.86. The van der Waals surface area contributed by atoms with Crippen molar-refractivity contribution in [2.75, 3.05) is 12.3 Å². The molecule has 0 saturated heterocycles. The Morgan fingerprint density at radius 3 is 2.61 bits per heavy atom. The second-order valence-electron chi connectivity index (χ2n) is 4.63. The molecule has 0 aliphatic rings. The molecule has 1 atom stereocenters. The third-order valence-electron chi connectivity index (χ3n) is 2.91. The number of thioether (sulfide) groups is 1. The summed E-state index contributed by atoms with van der Waals surface area (Å²) < 4.78 is 0. The molecule has 3 heteroatoms. The SMILES string of the molecule is CCNC(C)CCCCSCc1ccc(Cl)cc1. The quantitative estimate of drug-likeness (QED) is 0.658. The molecule has 0 spiro atoms. The third kappa shape index (κ3) is 7.30. The lowest BCUT2D eigenvalue weighted by Crippen LogP contribution is -2.25. The molecule has 0 aromatic heterocycles. The molecule has 0 radical (unpaired) electrons. The Kier molecular flexibility index (Phi) is 8.57. The smallest absolute Gasteiger partial charge is 0.0406 e. The van der Waals surface area contributed by atoms with E-state index in [4.69, 9.17) is 11.6 Å². The first-order chi connectivity index (χ1) is 8.72. The molecule has 1 unspecified atom stereocenters. The largest absolute Gasteiger partial charge is 0.315 e. The zero-order chi connectivity index (χ0) is 13.2. The van der Waals surface area contributed by atoms with Crippen LogP contribution in [0.3, 0.4) is 0 Å². The molecule has 102 valence electrons. The van der Waals surface area contributed by atoms with Gasteiger partial charge in [0.1, 0.15) is 0 Å². The van der Waals surface area contributed by atoms with Crippen LogP contribution in [0.2, 0.25) is 5.02 Å². The van der Waals surface area contributed by atoms with E-state index in [1.807, 2.05) is 23.9 Å². The van der Waals surface area contributed by atoms with Crippen LogP contribution in [0.15, 0.2) is 24.3 Å². The average Bonchev–Trinajstić information content (AvgIpc) is 2.36. The van der Waals surface area contributed by atoms with Gasteiger partial charge in [0.25, 0.3) is 0 Å². The van der Waals surface area contributed by atoms with Crippen molar-refractivity contribution >= 4 is 23.4 Å². The molecule has 0 heterocycles. The normalized spacial score (nSPS) is 12.6. The standard InChI is InChI=1S/C15H24ClNS/c1-3-17-13(2)6-4-5-11-18-12-14-7-9-15(16)10-8-14/h7-10,13,17H,3-6,11-12H2,1-2H3. The van der Waals surface area contributed by atoms with Crippen LogP contribution in [0.25, 0.3) is 0 Å². The van der Waals surface area contributed by atoms with E-state index in [0.29, 0.717) is 6.04 Å². The monoisotopic (exact) mass is 285 g/mol. The Morgan fingerprint density at radius 2 is 1.94 bits per heavy atom. The summed E-state index contributed by atoms with van der Waals surface area (Å²) in [4.78, 5) is 0. The van der Waals surface area contributed by atoms with Crippen molar-refractivity contribution in [3.8, 4) is 0 Å². The van der Waals surface area contributed by atoms with Crippen molar-refractivity contribution in [3.63, 3.8) is 0 Å². The highest BCUT2D eigenvalue weighted by molar-refractivity contribution is 7.98. The molecule has 1 rings (SSSR count). The Labute approximate surface area is 121 Å². The molecular weight excluding hydrogens is 262 g/mol. The molecule has 0 amide bonds. The number of unbranched alkanes of at least 4 members (excludes halogenated alkanes) is 1. The summed E-state index contributed by atoms with van der Waals surface area (Å²) >= 11 is 7.87. The number of benzene rings is 1. The van der Waals surface area contributed by atoms with Gasteiger partial charge in [-0.05, 0) is 49.8 Å². The van der Waals surface area contributed by atoms with Crippen molar-refractivity contribution in [1.29, 1.82) is 0 Å². The van der Waals surface area contributed by atoms with E-state index in [9.17, 15) is 0 Å². The Balaban J connectivity index is 2.00. The van der Waals surface area contributed by atoms with Gasteiger partial charge in [-0.15, -0.1) is 0 Å². The van der Waals surface area contributed by atoms with Crippen molar-refractivity contribution in [2.45, 2.75) is 44.9 Å². The van der Waals surface area contributed by atoms with Crippen LogP contribution >= 0.6 is 23.4 Å². The van der Waals surface area contributed by atoms with Gasteiger partial charge in [-0.3, -0.25) is 0 Å². The molecule has 0 aliphatic heterocycles. The van der Waals surface area contributed by atoms with E-state index < -0.39 is 0 Å². The molecular formula is C15H24ClNS. The van der Waals surface area contributed by atoms with E-state index in [0.717, 1.165) is 17.3 Å². The summed E-state index contributed by atoms with van der Waals surface area (Å²) in [5.74, 6) is 2.35. The van der Waals surface area contributed by atoms with Crippen LogP contribution in [0.4, 0.5) is 0 Å². The molecule has 1 aromatic rings. The van der Waals surface area contributed by atoms with Gasteiger partial charge in [0.2, 0.25) is 0 Å². The van der Waals surface area contributed by atoms with Gasteiger partial charge in [0.05, 0.1) is 0 Å². The number of rotatable bonds is 9. The highest BCUT2D eigenvalue weighted by Gasteiger charge is 1.99. The molecule has 0 saturated carbocycles. The third-order valence-corrected chi connectivity index (χ3v) is 4.28. The number of halogens is 1. The van der Waals surface area contributed by atoms with Gasteiger partial charge < -0.3 is 5.32 Å². The fourth-order valence-electron chi connectivity index (χ4n) is 1.88. The fourth-order valence-corrected chi connectivity index (χ4v) is 2.98. The lowest BCUT2D eigenvalue weighted by molar-refractivity contribution is 0.510. The summed E-state index contributed by atoms with van der Waals surface area (Å²) in [6.07, 6.45) is 3.92. The molecule has 0 bridgehead atoms. The maximum absolute atomic E-state index is 5.86. The number of hydrogen-bond acceptors (Lipinski definition) is 2. The van der Waals surface area contributed by atoms with Crippen LogP contribution in [-0.4, -0.2) is 18.3 Å². The minimum absolute atomic E-state index is 0.663. The van der Waals surface area contributed by atoms with Crippen molar-refractivity contribution < 1.29 is 0 Å². The van der Waals surface area contributed by atoms with E-state index in [1.54, 1.807) is 0 Å². The first kappa shape index (κ1) is 15.9.